The lowest BCUT2D eigenvalue weighted by atomic mass is 10.2. The molecule has 0 radical (unpaired) electrons. The average Bonchev–Trinajstić information content (AvgIpc) is 2.76. The van der Waals surface area contributed by atoms with Crippen LogP contribution >= 0.6 is 0 Å². The zero-order valence-electron chi connectivity index (χ0n) is 8.22. The van der Waals surface area contributed by atoms with Crippen LogP contribution in [0, 0.1) is 0 Å². The van der Waals surface area contributed by atoms with E-state index >= 15 is 0 Å². The molecule has 1 fully saturated rings. The van der Waals surface area contributed by atoms with Gasteiger partial charge in [-0.05, 0) is 6.42 Å². The summed E-state index contributed by atoms with van der Waals surface area (Å²) in [4.78, 5) is 3.87. The zero-order chi connectivity index (χ0) is 10.7. The highest BCUT2D eigenvalue weighted by atomic mass is 32.2. The molecule has 0 spiro atoms. The number of hydrogen-bond donors (Lipinski definition) is 1. The minimum absolute atomic E-state index is 0.0814. The first-order chi connectivity index (χ1) is 7.16. The molecule has 6 nitrogen and oxygen atoms in total. The van der Waals surface area contributed by atoms with Crippen LogP contribution in [0.3, 0.4) is 0 Å². The van der Waals surface area contributed by atoms with E-state index in [-0.39, 0.29) is 11.8 Å². The van der Waals surface area contributed by atoms with Crippen LogP contribution in [0.5, 0.6) is 0 Å². The molecule has 1 N–H and O–H groups in total. The van der Waals surface area contributed by atoms with Gasteiger partial charge in [0.1, 0.15) is 0 Å². The quantitative estimate of drug-likeness (QED) is 0.744. The fraction of sp³-hybridized carbons (Fsp3) is 0.750. The van der Waals surface area contributed by atoms with E-state index in [1.54, 1.807) is 0 Å². The van der Waals surface area contributed by atoms with Crippen molar-refractivity contribution in [2.24, 2.45) is 0 Å². The summed E-state index contributed by atoms with van der Waals surface area (Å²) in [6.45, 7) is 0.669. The Bertz CT molecular complexity index is 401. The first kappa shape index (κ1) is 10.6. The smallest absolute Gasteiger partial charge is 0.227 e. The molecule has 0 saturated carbocycles. The van der Waals surface area contributed by atoms with Crippen LogP contribution in [-0.2, 0) is 16.3 Å². The van der Waals surface area contributed by atoms with Crippen molar-refractivity contribution < 1.29 is 12.9 Å². The van der Waals surface area contributed by atoms with E-state index in [0.29, 0.717) is 31.0 Å². The number of rotatable bonds is 4. The van der Waals surface area contributed by atoms with Gasteiger partial charge in [0.25, 0.3) is 0 Å². The molecule has 0 amide bonds. The van der Waals surface area contributed by atoms with Crippen molar-refractivity contribution in [3.63, 3.8) is 0 Å². The maximum absolute atomic E-state index is 11.2. The molecular weight excluding hydrogens is 218 g/mol. The van der Waals surface area contributed by atoms with E-state index in [2.05, 4.69) is 15.5 Å². The minimum Gasteiger partial charge on any atom is -0.340 e. The molecule has 7 heteroatoms. The highest BCUT2D eigenvalue weighted by molar-refractivity contribution is 7.91. The molecule has 15 heavy (non-hydrogen) atoms. The molecule has 0 aromatic carbocycles. The van der Waals surface area contributed by atoms with Crippen molar-refractivity contribution in [3.8, 4) is 0 Å². The molecule has 84 valence electrons. The Balaban J connectivity index is 1.71. The summed E-state index contributed by atoms with van der Waals surface area (Å²) in [6, 6.07) is 0.0814. The zero-order valence-corrected chi connectivity index (χ0v) is 9.03. The van der Waals surface area contributed by atoms with Gasteiger partial charge >= 0.3 is 0 Å². The van der Waals surface area contributed by atoms with E-state index in [9.17, 15) is 8.42 Å². The van der Waals surface area contributed by atoms with Crippen molar-refractivity contribution >= 4 is 9.84 Å². The summed E-state index contributed by atoms with van der Waals surface area (Å²) in [5.74, 6) is 1.12. The lowest BCUT2D eigenvalue weighted by Crippen LogP contribution is -2.31. The van der Waals surface area contributed by atoms with Crippen LogP contribution < -0.4 is 5.32 Å². The lowest BCUT2D eigenvalue weighted by molar-refractivity contribution is 0.372. The van der Waals surface area contributed by atoms with Crippen LogP contribution in [0.4, 0.5) is 0 Å². The minimum atomic E-state index is -2.79. The van der Waals surface area contributed by atoms with Gasteiger partial charge in [0.2, 0.25) is 5.89 Å². The fourth-order valence-corrected chi connectivity index (χ4v) is 3.35. The largest absolute Gasteiger partial charge is 0.340 e. The molecule has 1 aromatic rings. The van der Waals surface area contributed by atoms with Gasteiger partial charge in [-0.25, -0.2) is 8.42 Å². The van der Waals surface area contributed by atoms with Crippen molar-refractivity contribution in [1.82, 2.24) is 15.5 Å². The Morgan fingerprint density at radius 1 is 1.60 bits per heavy atom. The molecule has 1 saturated heterocycles. The normalized spacial score (nSPS) is 24.4. The van der Waals surface area contributed by atoms with Gasteiger partial charge in [0.15, 0.2) is 16.2 Å². The van der Waals surface area contributed by atoms with E-state index in [0.717, 1.165) is 0 Å². The average molecular weight is 231 g/mol. The molecule has 1 aliphatic rings. The second-order valence-electron chi connectivity index (χ2n) is 3.64. The number of nitrogens with one attached hydrogen (secondary N) is 1. The maximum atomic E-state index is 11.2. The Hall–Kier alpha value is -0.950. The highest BCUT2D eigenvalue weighted by Gasteiger charge is 2.27. The van der Waals surface area contributed by atoms with Gasteiger partial charge < -0.3 is 9.84 Å². The van der Waals surface area contributed by atoms with Crippen molar-refractivity contribution in [2.75, 3.05) is 18.1 Å². The van der Waals surface area contributed by atoms with Gasteiger partial charge in [-0.15, -0.1) is 0 Å². The van der Waals surface area contributed by atoms with E-state index in [1.807, 2.05) is 0 Å². The van der Waals surface area contributed by atoms with Crippen LogP contribution in [-0.4, -0.2) is 42.7 Å². The molecule has 1 aliphatic heterocycles. The standard InChI is InChI=1S/C8H13N3O3S/c12-15(13)4-2-7(5-15)9-3-1-8-10-6-11-14-8/h6-7,9H,1-5H2. The van der Waals surface area contributed by atoms with Crippen LogP contribution in [0.25, 0.3) is 0 Å². The van der Waals surface area contributed by atoms with Gasteiger partial charge in [-0.2, -0.15) is 4.98 Å². The molecule has 1 unspecified atom stereocenters. The van der Waals surface area contributed by atoms with Crippen LogP contribution in [0.2, 0.25) is 0 Å². The molecule has 2 rings (SSSR count). The Labute approximate surface area is 88.0 Å². The fourth-order valence-electron chi connectivity index (χ4n) is 1.65. The predicted octanol–water partition coefficient (Wildman–Crippen LogP) is -0.611. The first-order valence-corrected chi connectivity index (χ1v) is 6.67. The van der Waals surface area contributed by atoms with E-state index in [1.165, 1.54) is 6.33 Å². The van der Waals surface area contributed by atoms with Crippen molar-refractivity contribution in [2.45, 2.75) is 18.9 Å². The van der Waals surface area contributed by atoms with Gasteiger partial charge in [0.05, 0.1) is 11.5 Å². The molecule has 1 atom stereocenters. The second-order valence-corrected chi connectivity index (χ2v) is 5.87. The predicted molar refractivity (Wildman–Crippen MR) is 53.1 cm³/mol. The third-order valence-electron chi connectivity index (χ3n) is 2.41. The Morgan fingerprint density at radius 3 is 3.07 bits per heavy atom. The summed E-state index contributed by atoms with van der Waals surface area (Å²) in [5, 5.41) is 6.65. The van der Waals surface area contributed by atoms with E-state index in [4.69, 9.17) is 4.52 Å². The maximum Gasteiger partial charge on any atom is 0.227 e. The van der Waals surface area contributed by atoms with Crippen molar-refractivity contribution in [1.29, 1.82) is 0 Å². The molecular formula is C8H13N3O3S. The summed E-state index contributed by atoms with van der Waals surface area (Å²) in [6.07, 6.45) is 2.69. The molecule has 2 heterocycles. The second kappa shape index (κ2) is 4.28. The van der Waals surface area contributed by atoms with Gasteiger partial charge in [0, 0.05) is 19.0 Å². The molecule has 0 aliphatic carbocycles. The number of aromatic nitrogens is 2. The van der Waals surface area contributed by atoms with Crippen molar-refractivity contribution in [3.05, 3.63) is 12.2 Å². The van der Waals surface area contributed by atoms with E-state index < -0.39 is 9.84 Å². The number of hydrogen-bond acceptors (Lipinski definition) is 6. The van der Waals surface area contributed by atoms with Gasteiger partial charge in [-0.1, -0.05) is 5.16 Å². The molecule has 1 aromatic heterocycles. The lowest BCUT2D eigenvalue weighted by Gasteiger charge is -2.08. The summed E-state index contributed by atoms with van der Waals surface area (Å²) < 4.78 is 27.1. The van der Waals surface area contributed by atoms with Gasteiger partial charge in [-0.3, -0.25) is 0 Å². The molecule has 0 bridgehead atoms. The highest BCUT2D eigenvalue weighted by Crippen LogP contribution is 2.10. The summed E-state index contributed by atoms with van der Waals surface area (Å²) >= 11 is 0. The first-order valence-electron chi connectivity index (χ1n) is 4.85. The summed E-state index contributed by atoms with van der Waals surface area (Å²) in [5.41, 5.74) is 0. The third kappa shape index (κ3) is 3.00. The summed E-state index contributed by atoms with van der Waals surface area (Å²) in [7, 11) is -2.79. The topological polar surface area (TPSA) is 85.1 Å². The SMILES string of the molecule is O=S1(=O)CCC(NCCc2ncno2)C1. The Kier molecular flexibility index (Phi) is 3.01. The van der Waals surface area contributed by atoms with Crippen LogP contribution in [0.15, 0.2) is 10.9 Å². The van der Waals surface area contributed by atoms with Crippen LogP contribution in [0.1, 0.15) is 12.3 Å². The Morgan fingerprint density at radius 2 is 2.47 bits per heavy atom. The number of sulfone groups is 1. The number of nitrogens with zero attached hydrogens (tertiary/aromatic N) is 2. The monoisotopic (exact) mass is 231 g/mol. The third-order valence-corrected chi connectivity index (χ3v) is 4.18.